The van der Waals surface area contributed by atoms with Gasteiger partial charge < -0.3 is 14.8 Å². The molecule has 0 saturated heterocycles. The van der Waals surface area contributed by atoms with Crippen LogP contribution in [0, 0.1) is 13.8 Å². The number of Topliss-reactive ketones (excluding diaryl/α,β-unsaturated/α-hetero) is 1. The van der Waals surface area contributed by atoms with Crippen molar-refractivity contribution in [1.29, 1.82) is 0 Å². The summed E-state index contributed by atoms with van der Waals surface area (Å²) in [5, 5.41) is 9.47. The predicted octanol–water partition coefficient (Wildman–Crippen LogP) is 2.06. The molecule has 2 aromatic rings. The lowest BCUT2D eigenvalue weighted by atomic mass is 10.0. The van der Waals surface area contributed by atoms with Crippen molar-refractivity contribution >= 4 is 22.7 Å². The molecule has 0 unspecified atom stereocenters. The van der Waals surface area contributed by atoms with Gasteiger partial charge in [0.1, 0.15) is 5.75 Å². The summed E-state index contributed by atoms with van der Waals surface area (Å²) in [5.74, 6) is -1.78. The van der Waals surface area contributed by atoms with Gasteiger partial charge in [-0.25, -0.2) is 4.79 Å². The number of H-pyrrole nitrogens is 1. The quantitative estimate of drug-likeness (QED) is 0.642. The van der Waals surface area contributed by atoms with Crippen LogP contribution < -0.4 is 4.74 Å². The lowest BCUT2D eigenvalue weighted by Crippen LogP contribution is -2.13. The molecule has 0 fully saturated rings. The molecule has 0 aliphatic rings. The first-order valence-electron chi connectivity index (χ1n) is 5.40. The van der Waals surface area contributed by atoms with Gasteiger partial charge in [-0.05, 0) is 25.5 Å². The molecule has 94 valence electrons. The van der Waals surface area contributed by atoms with E-state index in [2.05, 4.69) is 4.98 Å². The van der Waals surface area contributed by atoms with Crippen LogP contribution in [0.3, 0.4) is 0 Å². The number of ketones is 1. The topological polar surface area (TPSA) is 79.4 Å². The molecule has 0 atom stereocenters. The van der Waals surface area contributed by atoms with Crippen LogP contribution in [0.5, 0.6) is 5.75 Å². The second kappa shape index (κ2) is 4.18. The first kappa shape index (κ1) is 12.2. The number of aliphatic carboxylic acids is 1. The van der Waals surface area contributed by atoms with Crippen LogP contribution >= 0.6 is 0 Å². The normalized spacial score (nSPS) is 10.6. The van der Waals surface area contributed by atoms with Crippen molar-refractivity contribution in [2.45, 2.75) is 13.8 Å². The Bertz CT molecular complexity index is 655. The van der Waals surface area contributed by atoms with Gasteiger partial charge in [0.2, 0.25) is 0 Å². The highest BCUT2D eigenvalue weighted by molar-refractivity contribution is 6.42. The number of carbonyl (C=O) groups is 2. The number of carboxylic acids is 1. The van der Waals surface area contributed by atoms with Crippen molar-refractivity contribution in [3.05, 3.63) is 29.0 Å². The highest BCUT2D eigenvalue weighted by atomic mass is 16.5. The average molecular weight is 247 g/mol. The number of hydrogen-bond acceptors (Lipinski definition) is 3. The SMILES string of the molecule is COc1ccc(C)c2c(C(=O)C(=O)O)c(C)[nH]c12. The zero-order chi connectivity index (χ0) is 13.4. The Hall–Kier alpha value is -2.30. The summed E-state index contributed by atoms with van der Waals surface area (Å²) < 4.78 is 5.20. The number of nitrogens with one attached hydrogen (secondary N) is 1. The standard InChI is InChI=1S/C13H13NO4/c1-6-4-5-8(18-3)11-9(6)10(7(2)14-11)12(15)13(16)17/h4-5,14H,1-3H3,(H,16,17). The second-order valence-corrected chi connectivity index (χ2v) is 4.09. The van der Waals surface area contributed by atoms with Crippen molar-refractivity contribution in [2.24, 2.45) is 0 Å². The van der Waals surface area contributed by atoms with E-state index in [0.29, 0.717) is 22.3 Å². The van der Waals surface area contributed by atoms with Crippen molar-refractivity contribution in [3.63, 3.8) is 0 Å². The van der Waals surface area contributed by atoms with Gasteiger partial charge in [0.05, 0.1) is 18.2 Å². The molecule has 1 aromatic heterocycles. The molecule has 1 heterocycles. The maximum absolute atomic E-state index is 11.7. The van der Waals surface area contributed by atoms with Crippen molar-refractivity contribution < 1.29 is 19.4 Å². The van der Waals surface area contributed by atoms with E-state index in [0.717, 1.165) is 5.56 Å². The van der Waals surface area contributed by atoms with Gasteiger partial charge >= 0.3 is 5.97 Å². The number of methoxy groups -OCH3 is 1. The minimum absolute atomic E-state index is 0.203. The summed E-state index contributed by atoms with van der Waals surface area (Å²) in [6, 6.07) is 3.58. The van der Waals surface area contributed by atoms with E-state index in [1.807, 2.05) is 6.92 Å². The largest absolute Gasteiger partial charge is 0.495 e. The van der Waals surface area contributed by atoms with Crippen LogP contribution in [0.2, 0.25) is 0 Å². The van der Waals surface area contributed by atoms with E-state index in [4.69, 9.17) is 9.84 Å². The molecule has 18 heavy (non-hydrogen) atoms. The Morgan fingerprint density at radius 2 is 1.94 bits per heavy atom. The molecule has 0 amide bonds. The third kappa shape index (κ3) is 1.64. The van der Waals surface area contributed by atoms with E-state index in [1.165, 1.54) is 7.11 Å². The first-order chi connectivity index (χ1) is 8.47. The number of fused-ring (bicyclic) bond motifs is 1. The first-order valence-corrected chi connectivity index (χ1v) is 5.40. The number of carbonyl (C=O) groups excluding carboxylic acids is 1. The Kier molecular flexibility index (Phi) is 2.82. The van der Waals surface area contributed by atoms with Gasteiger partial charge in [-0.15, -0.1) is 0 Å². The Labute approximate surface area is 103 Å². The number of aromatic amines is 1. The summed E-state index contributed by atoms with van der Waals surface area (Å²) >= 11 is 0. The fourth-order valence-electron chi connectivity index (χ4n) is 2.13. The fraction of sp³-hybridized carbons (Fsp3) is 0.231. The Balaban J connectivity index is 2.86. The van der Waals surface area contributed by atoms with Gasteiger partial charge in [0.25, 0.3) is 5.78 Å². The van der Waals surface area contributed by atoms with E-state index in [9.17, 15) is 9.59 Å². The van der Waals surface area contributed by atoms with E-state index in [-0.39, 0.29) is 5.56 Å². The number of aryl methyl sites for hydroxylation is 2. The van der Waals surface area contributed by atoms with Gasteiger partial charge in [-0.2, -0.15) is 0 Å². The van der Waals surface area contributed by atoms with Crippen LogP contribution in [0.1, 0.15) is 21.6 Å². The summed E-state index contributed by atoms with van der Waals surface area (Å²) in [4.78, 5) is 25.6. The van der Waals surface area contributed by atoms with E-state index >= 15 is 0 Å². The summed E-state index contributed by atoms with van der Waals surface area (Å²) in [7, 11) is 1.53. The maximum atomic E-state index is 11.7. The summed E-state index contributed by atoms with van der Waals surface area (Å²) in [6.45, 7) is 3.50. The molecular weight excluding hydrogens is 234 g/mol. The average Bonchev–Trinajstić information content (AvgIpc) is 2.66. The molecule has 1 aromatic carbocycles. The molecule has 0 radical (unpaired) electrons. The molecule has 2 rings (SSSR count). The minimum atomic E-state index is -1.46. The molecule has 5 nitrogen and oxygen atoms in total. The Morgan fingerprint density at radius 1 is 1.28 bits per heavy atom. The monoisotopic (exact) mass is 247 g/mol. The lowest BCUT2D eigenvalue weighted by molar-refractivity contribution is -0.131. The highest BCUT2D eigenvalue weighted by Crippen LogP contribution is 2.32. The van der Waals surface area contributed by atoms with Crippen molar-refractivity contribution in [3.8, 4) is 5.75 Å². The molecular formula is C13H13NO4. The number of hydrogen-bond donors (Lipinski definition) is 2. The van der Waals surface area contributed by atoms with Crippen LogP contribution in [0.25, 0.3) is 10.9 Å². The molecule has 2 N–H and O–H groups in total. The summed E-state index contributed by atoms with van der Waals surface area (Å²) in [5.41, 5.74) is 2.22. The van der Waals surface area contributed by atoms with Gasteiger partial charge in [0.15, 0.2) is 0 Å². The van der Waals surface area contributed by atoms with Crippen LogP contribution in [0.15, 0.2) is 12.1 Å². The van der Waals surface area contributed by atoms with Crippen LogP contribution in [-0.4, -0.2) is 29.0 Å². The zero-order valence-electron chi connectivity index (χ0n) is 10.3. The predicted molar refractivity (Wildman–Crippen MR) is 66.3 cm³/mol. The summed E-state index contributed by atoms with van der Waals surface area (Å²) in [6.07, 6.45) is 0. The van der Waals surface area contributed by atoms with Crippen molar-refractivity contribution in [2.75, 3.05) is 7.11 Å². The number of carboxylic acid groups (broad SMARTS) is 1. The third-order valence-electron chi connectivity index (χ3n) is 2.95. The molecule has 0 aliphatic carbocycles. The Morgan fingerprint density at radius 3 is 2.50 bits per heavy atom. The number of aromatic nitrogens is 1. The van der Waals surface area contributed by atoms with Crippen molar-refractivity contribution in [1.82, 2.24) is 4.98 Å². The van der Waals surface area contributed by atoms with Crippen LogP contribution in [-0.2, 0) is 4.79 Å². The molecule has 0 bridgehead atoms. The van der Waals surface area contributed by atoms with E-state index < -0.39 is 11.8 Å². The van der Waals surface area contributed by atoms with Gasteiger partial charge in [-0.3, -0.25) is 4.79 Å². The van der Waals surface area contributed by atoms with E-state index in [1.54, 1.807) is 19.1 Å². The van der Waals surface area contributed by atoms with Crippen LogP contribution in [0.4, 0.5) is 0 Å². The number of ether oxygens (including phenoxy) is 1. The highest BCUT2D eigenvalue weighted by Gasteiger charge is 2.24. The smallest absolute Gasteiger partial charge is 0.377 e. The molecule has 5 heteroatoms. The van der Waals surface area contributed by atoms with Gasteiger partial charge in [-0.1, -0.05) is 6.07 Å². The minimum Gasteiger partial charge on any atom is -0.495 e. The second-order valence-electron chi connectivity index (χ2n) is 4.09. The third-order valence-corrected chi connectivity index (χ3v) is 2.95. The number of benzene rings is 1. The number of rotatable bonds is 3. The molecule has 0 saturated carbocycles. The molecule has 0 aliphatic heterocycles. The fourth-order valence-corrected chi connectivity index (χ4v) is 2.13. The lowest BCUT2D eigenvalue weighted by Gasteiger charge is -2.04. The zero-order valence-corrected chi connectivity index (χ0v) is 10.3. The maximum Gasteiger partial charge on any atom is 0.377 e. The molecule has 0 spiro atoms. The van der Waals surface area contributed by atoms with Gasteiger partial charge in [0, 0.05) is 11.1 Å².